The highest BCUT2D eigenvalue weighted by Crippen LogP contribution is 2.27. The molecule has 2 aromatic heterocycles. The zero-order chi connectivity index (χ0) is 25.2. The third-order valence-corrected chi connectivity index (χ3v) is 6.27. The highest BCUT2D eigenvalue weighted by Gasteiger charge is 2.13. The van der Waals surface area contributed by atoms with Crippen LogP contribution < -0.4 is 0 Å². The molecule has 0 atom stereocenters. The summed E-state index contributed by atoms with van der Waals surface area (Å²) in [7, 11) is 0. The Kier molecular flexibility index (Phi) is 10.8. The molecule has 0 amide bonds. The number of rotatable bonds is 4. The Hall–Kier alpha value is -3.97. The number of nitrogens with zero attached hydrogens (tertiary/aromatic N) is 7. The Labute approximate surface area is 223 Å². The molecular weight excluding hydrogens is 598 g/mol. The number of hydrogen-bond donors (Lipinski definition) is 0. The summed E-state index contributed by atoms with van der Waals surface area (Å²) in [6, 6.07) is 9.18. The number of imidazole rings is 2. The minimum atomic E-state index is -0.433. The van der Waals surface area contributed by atoms with Gasteiger partial charge < -0.3 is 9.13 Å². The molecule has 3 heterocycles. The number of benzene rings is 2. The van der Waals surface area contributed by atoms with Crippen LogP contribution in [0.5, 0.6) is 0 Å². The second-order valence-corrected chi connectivity index (χ2v) is 8.39. The minimum absolute atomic E-state index is 0. The SMILES string of the molecule is C.C1=CN=CC1.O=[N+]([O-])c1ccc(-n2ccnc2)c(-n2ccnc2)c1.O=[N+]([O-])c1ccc(Br)c(Br)c1. The van der Waals surface area contributed by atoms with E-state index in [1.807, 2.05) is 12.3 Å². The lowest BCUT2D eigenvalue weighted by Gasteiger charge is -2.10. The zero-order valence-electron chi connectivity index (χ0n) is 17.9. The Balaban J connectivity index is 0.000000227. The van der Waals surface area contributed by atoms with Gasteiger partial charge in [0.05, 0.1) is 33.9 Å². The van der Waals surface area contributed by atoms with Gasteiger partial charge in [0.1, 0.15) is 0 Å². The molecule has 0 saturated carbocycles. The van der Waals surface area contributed by atoms with E-state index in [1.54, 1.807) is 64.9 Å². The molecular formula is C23H21Br2N7O4. The van der Waals surface area contributed by atoms with Crippen molar-refractivity contribution in [3.05, 3.63) is 115 Å². The molecule has 0 fully saturated rings. The zero-order valence-corrected chi connectivity index (χ0v) is 21.1. The van der Waals surface area contributed by atoms with E-state index in [2.05, 4.69) is 46.8 Å². The summed E-state index contributed by atoms with van der Waals surface area (Å²) in [6.07, 6.45) is 16.7. The number of hydrogen-bond acceptors (Lipinski definition) is 7. The fourth-order valence-corrected chi connectivity index (χ4v) is 3.37. The lowest BCUT2D eigenvalue weighted by Crippen LogP contribution is -2.01. The van der Waals surface area contributed by atoms with E-state index < -0.39 is 9.85 Å². The third kappa shape index (κ3) is 7.78. The van der Waals surface area contributed by atoms with Gasteiger partial charge in [-0.2, -0.15) is 0 Å². The molecule has 0 aliphatic carbocycles. The largest absolute Gasteiger partial charge is 0.304 e. The predicted molar refractivity (Wildman–Crippen MR) is 145 cm³/mol. The van der Waals surface area contributed by atoms with Gasteiger partial charge in [0.15, 0.2) is 0 Å². The first-order valence-electron chi connectivity index (χ1n) is 9.88. The molecule has 2 aromatic carbocycles. The van der Waals surface area contributed by atoms with Crippen molar-refractivity contribution in [2.75, 3.05) is 0 Å². The van der Waals surface area contributed by atoms with E-state index in [9.17, 15) is 20.2 Å². The maximum atomic E-state index is 10.9. The molecule has 1 aliphatic heterocycles. The summed E-state index contributed by atoms with van der Waals surface area (Å²) in [5.41, 5.74) is 1.58. The first-order valence-corrected chi connectivity index (χ1v) is 11.5. The van der Waals surface area contributed by atoms with Gasteiger partial charge in [-0.3, -0.25) is 25.2 Å². The maximum absolute atomic E-state index is 10.9. The molecule has 186 valence electrons. The molecule has 0 saturated heterocycles. The van der Waals surface area contributed by atoms with Crippen LogP contribution in [0.1, 0.15) is 13.8 Å². The lowest BCUT2D eigenvalue weighted by molar-refractivity contribution is -0.385. The summed E-state index contributed by atoms with van der Waals surface area (Å²) in [5, 5.41) is 21.1. The molecule has 0 bridgehead atoms. The molecule has 0 spiro atoms. The minimum Gasteiger partial charge on any atom is -0.304 e. The molecule has 11 nitrogen and oxygen atoms in total. The number of allylic oxidation sites excluding steroid dienone is 1. The molecule has 36 heavy (non-hydrogen) atoms. The van der Waals surface area contributed by atoms with Gasteiger partial charge in [0.25, 0.3) is 11.4 Å². The van der Waals surface area contributed by atoms with Crippen LogP contribution in [-0.2, 0) is 0 Å². The molecule has 1 aliphatic rings. The van der Waals surface area contributed by atoms with Crippen molar-refractivity contribution in [1.82, 2.24) is 19.1 Å². The highest BCUT2D eigenvalue weighted by atomic mass is 79.9. The van der Waals surface area contributed by atoms with Crippen molar-refractivity contribution >= 4 is 49.4 Å². The number of aromatic nitrogens is 4. The van der Waals surface area contributed by atoms with Crippen molar-refractivity contribution in [3.8, 4) is 11.4 Å². The summed E-state index contributed by atoms with van der Waals surface area (Å²) >= 11 is 6.37. The highest BCUT2D eigenvalue weighted by molar-refractivity contribution is 9.13. The molecule has 0 N–H and O–H groups in total. The van der Waals surface area contributed by atoms with E-state index in [0.717, 1.165) is 16.6 Å². The summed E-state index contributed by atoms with van der Waals surface area (Å²) < 4.78 is 5.01. The van der Waals surface area contributed by atoms with E-state index in [0.29, 0.717) is 10.2 Å². The summed E-state index contributed by atoms with van der Waals surface area (Å²) in [4.78, 5) is 32.0. The second kappa shape index (κ2) is 13.8. The van der Waals surface area contributed by atoms with Crippen molar-refractivity contribution < 1.29 is 9.85 Å². The van der Waals surface area contributed by atoms with Crippen LogP contribution >= 0.6 is 31.9 Å². The Bertz CT molecular complexity index is 1350. The Morgan fingerprint density at radius 3 is 1.83 bits per heavy atom. The van der Waals surface area contributed by atoms with Crippen LogP contribution in [0, 0.1) is 20.2 Å². The van der Waals surface area contributed by atoms with Gasteiger partial charge in [0, 0.05) is 76.8 Å². The summed E-state index contributed by atoms with van der Waals surface area (Å²) in [5.74, 6) is 0. The number of nitro benzene ring substituents is 2. The molecule has 4 aromatic rings. The first kappa shape index (κ1) is 28.3. The Morgan fingerprint density at radius 2 is 1.39 bits per heavy atom. The van der Waals surface area contributed by atoms with Gasteiger partial charge in [-0.05, 0) is 44.0 Å². The van der Waals surface area contributed by atoms with Crippen molar-refractivity contribution in [2.24, 2.45) is 4.99 Å². The second-order valence-electron chi connectivity index (χ2n) is 6.68. The number of aliphatic imine (C=N–C) groups is 1. The van der Waals surface area contributed by atoms with Crippen molar-refractivity contribution in [3.63, 3.8) is 0 Å². The average molecular weight is 619 g/mol. The molecule has 0 radical (unpaired) electrons. The van der Waals surface area contributed by atoms with Gasteiger partial charge in [-0.15, -0.1) is 0 Å². The maximum Gasteiger partial charge on any atom is 0.271 e. The summed E-state index contributed by atoms with van der Waals surface area (Å²) in [6.45, 7) is 0. The van der Waals surface area contributed by atoms with Gasteiger partial charge >= 0.3 is 0 Å². The normalized spacial score (nSPS) is 10.9. The van der Waals surface area contributed by atoms with Gasteiger partial charge in [-0.1, -0.05) is 13.5 Å². The third-order valence-electron chi connectivity index (χ3n) is 4.39. The number of non-ortho nitro benzene ring substituents is 2. The van der Waals surface area contributed by atoms with Crippen molar-refractivity contribution in [2.45, 2.75) is 13.8 Å². The smallest absolute Gasteiger partial charge is 0.271 e. The van der Waals surface area contributed by atoms with Crippen LogP contribution in [-0.4, -0.2) is 35.2 Å². The fourth-order valence-electron chi connectivity index (χ4n) is 2.76. The Morgan fingerprint density at radius 1 is 0.806 bits per heavy atom. The van der Waals surface area contributed by atoms with Crippen LogP contribution in [0.3, 0.4) is 0 Å². The number of halogens is 2. The van der Waals surface area contributed by atoms with Crippen LogP contribution in [0.15, 0.2) is 100 Å². The first-order chi connectivity index (χ1) is 16.9. The molecule has 0 unspecified atom stereocenters. The van der Waals surface area contributed by atoms with Gasteiger partial charge in [-0.25, -0.2) is 9.97 Å². The quantitative estimate of drug-likeness (QED) is 0.184. The lowest BCUT2D eigenvalue weighted by atomic mass is 10.2. The average Bonchev–Trinajstić information content (AvgIpc) is 3.66. The van der Waals surface area contributed by atoms with Crippen LogP contribution in [0.4, 0.5) is 11.4 Å². The predicted octanol–water partition coefficient (Wildman–Crippen LogP) is 6.70. The molecule has 5 rings (SSSR count). The van der Waals surface area contributed by atoms with Crippen molar-refractivity contribution in [1.29, 1.82) is 0 Å². The molecule has 13 heteroatoms. The van der Waals surface area contributed by atoms with Crippen LogP contribution in [0.25, 0.3) is 11.4 Å². The van der Waals surface area contributed by atoms with E-state index in [4.69, 9.17) is 0 Å². The van der Waals surface area contributed by atoms with E-state index >= 15 is 0 Å². The van der Waals surface area contributed by atoms with E-state index in [-0.39, 0.29) is 18.8 Å². The number of nitro groups is 2. The fraction of sp³-hybridized carbons (Fsp3) is 0.0870. The standard InChI is InChI=1S/C12H9N5O2.C6H3Br2NO2.C4H5N.CH4/c18-17(19)10-1-2-11(15-5-3-13-8-15)12(7-10)16-6-4-14-9-16;7-5-2-1-4(9(10)11)3-6(5)8;1-2-4-5-3-1;/h1-9H;1-3H;1,3-4H,2H2;1H4. The van der Waals surface area contributed by atoms with E-state index in [1.165, 1.54) is 24.3 Å². The van der Waals surface area contributed by atoms with Gasteiger partial charge in [0.2, 0.25) is 0 Å². The topological polar surface area (TPSA) is 134 Å². The monoisotopic (exact) mass is 617 g/mol. The van der Waals surface area contributed by atoms with Crippen LogP contribution in [0.2, 0.25) is 0 Å².